The number of carbonyl (C=O) groups excluding carboxylic acids is 1. The number of aliphatic imine (C=N–C) groups is 1. The molecule has 3 aliphatic heterocycles. The van der Waals surface area contributed by atoms with E-state index < -0.39 is 17.3 Å². The molecule has 0 aliphatic carbocycles. The first-order valence-electron chi connectivity index (χ1n) is 12.1. The lowest BCUT2D eigenvalue weighted by molar-refractivity contribution is 0.0626. The van der Waals surface area contributed by atoms with Crippen LogP contribution in [0.1, 0.15) is 45.9 Å². The summed E-state index contributed by atoms with van der Waals surface area (Å²) in [5.74, 6) is -0.207. The summed E-state index contributed by atoms with van der Waals surface area (Å²) in [5, 5.41) is 2.83. The van der Waals surface area contributed by atoms with Crippen molar-refractivity contribution in [1.29, 1.82) is 0 Å². The topological polar surface area (TPSA) is 130 Å². The maximum atomic E-state index is 15.5. The SMILES string of the molecule is COc1cnc(C(=O)Nc2ccc3c(c2)[C@@]2(CCN=C(N)O2)c2cc(C4C=COCC4)cc(F)c2O3)cn1. The van der Waals surface area contributed by atoms with Crippen LogP contribution in [0.2, 0.25) is 0 Å². The Morgan fingerprint density at radius 2 is 2.11 bits per heavy atom. The van der Waals surface area contributed by atoms with Crippen molar-refractivity contribution in [3.63, 3.8) is 0 Å². The summed E-state index contributed by atoms with van der Waals surface area (Å²) in [7, 11) is 1.47. The second kappa shape index (κ2) is 9.33. The van der Waals surface area contributed by atoms with E-state index in [1.165, 1.54) is 25.6 Å². The number of halogens is 1. The molecule has 1 unspecified atom stereocenters. The molecule has 1 amide bonds. The second-order valence-corrected chi connectivity index (χ2v) is 9.08. The molecule has 11 heteroatoms. The highest BCUT2D eigenvalue weighted by Crippen LogP contribution is 2.53. The van der Waals surface area contributed by atoms with Crippen LogP contribution in [-0.2, 0) is 15.1 Å². The summed E-state index contributed by atoms with van der Waals surface area (Å²) >= 11 is 0. The number of nitrogens with one attached hydrogen (secondary N) is 1. The van der Waals surface area contributed by atoms with E-state index in [2.05, 4.69) is 20.3 Å². The van der Waals surface area contributed by atoms with Crippen molar-refractivity contribution >= 4 is 17.6 Å². The van der Waals surface area contributed by atoms with Gasteiger partial charge >= 0.3 is 0 Å². The molecule has 0 saturated carbocycles. The Labute approximate surface area is 217 Å². The molecule has 3 N–H and O–H groups in total. The number of methoxy groups -OCH3 is 1. The fraction of sp³-hybridized carbons (Fsp3) is 0.259. The van der Waals surface area contributed by atoms with Crippen LogP contribution < -0.4 is 20.5 Å². The Balaban J connectivity index is 1.41. The number of amides is 1. The van der Waals surface area contributed by atoms with E-state index in [4.69, 9.17) is 24.7 Å². The minimum absolute atomic E-state index is 0.00484. The van der Waals surface area contributed by atoms with Crippen molar-refractivity contribution in [2.24, 2.45) is 10.7 Å². The standard InChI is InChI=1S/C27H24FN5O5/c1-35-23-14-31-21(13-32-23)25(34)33-17-2-3-22-18(12-17)27(6-7-30-26(29)38-27)19-10-16(11-20(28)24(19)37-22)15-4-8-36-9-5-15/h2-4,8,10-15H,5-7,9H2,1H3,(H2,29,30)(H,33,34)/t15?,27-/m0/s1. The Hall–Kier alpha value is -4.67. The molecule has 10 nitrogen and oxygen atoms in total. The maximum absolute atomic E-state index is 15.5. The van der Waals surface area contributed by atoms with Gasteiger partial charge in [-0.3, -0.25) is 4.79 Å². The van der Waals surface area contributed by atoms with E-state index in [9.17, 15) is 4.79 Å². The van der Waals surface area contributed by atoms with Crippen LogP contribution in [0.15, 0.2) is 60.1 Å². The molecular formula is C27H24FN5O5. The summed E-state index contributed by atoms with van der Waals surface area (Å²) in [5.41, 5.74) is 7.36. The number of carbonyl (C=O) groups is 1. The summed E-state index contributed by atoms with van der Waals surface area (Å²) < 4.78 is 38.1. The molecule has 0 bridgehead atoms. The summed E-state index contributed by atoms with van der Waals surface area (Å²) in [6.07, 6.45) is 7.33. The molecule has 38 heavy (non-hydrogen) atoms. The molecule has 2 atom stereocenters. The zero-order valence-corrected chi connectivity index (χ0v) is 20.4. The largest absolute Gasteiger partial charge is 0.501 e. The number of hydrogen-bond donors (Lipinski definition) is 2. The third kappa shape index (κ3) is 4.05. The molecule has 6 rings (SSSR count). The molecule has 1 spiro atoms. The van der Waals surface area contributed by atoms with Crippen LogP contribution in [-0.4, -0.2) is 42.2 Å². The van der Waals surface area contributed by atoms with E-state index in [0.29, 0.717) is 54.4 Å². The van der Waals surface area contributed by atoms with Gasteiger partial charge in [0.2, 0.25) is 5.88 Å². The number of anilines is 1. The van der Waals surface area contributed by atoms with Crippen LogP contribution in [0.3, 0.4) is 0 Å². The second-order valence-electron chi connectivity index (χ2n) is 9.08. The van der Waals surface area contributed by atoms with Crippen LogP contribution >= 0.6 is 0 Å². The average Bonchev–Trinajstić information content (AvgIpc) is 2.94. The van der Waals surface area contributed by atoms with Gasteiger partial charge in [-0.05, 0) is 48.4 Å². The smallest absolute Gasteiger partial charge is 0.283 e. The van der Waals surface area contributed by atoms with Gasteiger partial charge in [-0.25, -0.2) is 19.4 Å². The predicted octanol–water partition coefficient (Wildman–Crippen LogP) is 3.98. The number of rotatable bonds is 4. The maximum Gasteiger partial charge on any atom is 0.283 e. The van der Waals surface area contributed by atoms with Gasteiger partial charge in [0.25, 0.3) is 11.9 Å². The first-order valence-corrected chi connectivity index (χ1v) is 12.1. The monoisotopic (exact) mass is 517 g/mol. The van der Waals surface area contributed by atoms with Crippen molar-refractivity contribution in [1.82, 2.24) is 9.97 Å². The van der Waals surface area contributed by atoms with Crippen molar-refractivity contribution in [2.45, 2.75) is 24.4 Å². The zero-order chi connectivity index (χ0) is 26.3. The van der Waals surface area contributed by atoms with Gasteiger partial charge in [0.1, 0.15) is 11.4 Å². The number of nitrogens with zero attached hydrogens (tertiary/aromatic N) is 3. The predicted molar refractivity (Wildman–Crippen MR) is 135 cm³/mol. The van der Waals surface area contributed by atoms with E-state index >= 15 is 4.39 Å². The molecule has 1 aromatic heterocycles. The van der Waals surface area contributed by atoms with E-state index in [-0.39, 0.29) is 23.4 Å². The van der Waals surface area contributed by atoms with Gasteiger partial charge in [-0.15, -0.1) is 0 Å². The fourth-order valence-electron chi connectivity index (χ4n) is 4.99. The highest BCUT2D eigenvalue weighted by Gasteiger charge is 2.48. The molecule has 3 aromatic rings. The van der Waals surface area contributed by atoms with Gasteiger partial charge < -0.3 is 30.0 Å². The molecule has 0 radical (unpaired) electrons. The Bertz CT molecular complexity index is 1480. The lowest BCUT2D eigenvalue weighted by Crippen LogP contribution is -2.42. The van der Waals surface area contributed by atoms with Crippen LogP contribution in [0, 0.1) is 5.82 Å². The highest BCUT2D eigenvalue weighted by atomic mass is 19.1. The number of ether oxygens (including phenoxy) is 4. The van der Waals surface area contributed by atoms with Crippen LogP contribution in [0.25, 0.3) is 0 Å². The fourth-order valence-corrected chi connectivity index (χ4v) is 4.99. The van der Waals surface area contributed by atoms with Crippen LogP contribution in [0.5, 0.6) is 17.4 Å². The van der Waals surface area contributed by atoms with Crippen molar-refractivity contribution in [3.05, 3.63) is 83.3 Å². The molecule has 0 fully saturated rings. The Kier molecular flexibility index (Phi) is 5.82. The quantitative estimate of drug-likeness (QED) is 0.532. The summed E-state index contributed by atoms with van der Waals surface area (Å²) in [4.78, 5) is 25.2. The number of amidine groups is 1. The lowest BCUT2D eigenvalue weighted by atomic mass is 9.78. The summed E-state index contributed by atoms with van der Waals surface area (Å²) in [6.45, 7) is 0.911. The van der Waals surface area contributed by atoms with Gasteiger partial charge in [-0.1, -0.05) is 0 Å². The van der Waals surface area contributed by atoms with Gasteiger partial charge in [0.15, 0.2) is 17.2 Å². The van der Waals surface area contributed by atoms with Crippen molar-refractivity contribution in [2.75, 3.05) is 25.6 Å². The molecule has 0 saturated heterocycles. The molecule has 194 valence electrons. The first-order chi connectivity index (χ1) is 18.5. The van der Waals surface area contributed by atoms with Crippen molar-refractivity contribution < 1.29 is 28.1 Å². The van der Waals surface area contributed by atoms with Crippen molar-refractivity contribution in [3.8, 4) is 17.4 Å². The lowest BCUT2D eigenvalue weighted by Gasteiger charge is -2.42. The van der Waals surface area contributed by atoms with E-state index in [0.717, 1.165) is 5.56 Å². The third-order valence-electron chi connectivity index (χ3n) is 6.85. The summed E-state index contributed by atoms with van der Waals surface area (Å²) in [6, 6.07) is 8.45. The Morgan fingerprint density at radius 3 is 2.84 bits per heavy atom. The third-order valence-corrected chi connectivity index (χ3v) is 6.85. The minimum Gasteiger partial charge on any atom is -0.501 e. The number of allylic oxidation sites excluding steroid dienone is 1. The van der Waals surface area contributed by atoms with E-state index in [1.54, 1.807) is 24.5 Å². The average molecular weight is 518 g/mol. The number of fused-ring (bicyclic) bond motifs is 4. The van der Waals surface area contributed by atoms with Gasteiger partial charge in [0.05, 0.1) is 32.4 Å². The molecule has 4 heterocycles. The molecule has 2 aromatic carbocycles. The molecular weight excluding hydrogens is 493 g/mol. The minimum atomic E-state index is -1.17. The highest BCUT2D eigenvalue weighted by molar-refractivity contribution is 6.02. The number of benzene rings is 2. The van der Waals surface area contributed by atoms with Crippen LogP contribution in [0.4, 0.5) is 10.1 Å². The van der Waals surface area contributed by atoms with E-state index in [1.807, 2.05) is 12.1 Å². The van der Waals surface area contributed by atoms with Gasteiger partial charge in [-0.2, -0.15) is 0 Å². The Morgan fingerprint density at radius 1 is 1.21 bits per heavy atom. The number of aromatic nitrogens is 2. The number of hydrogen-bond acceptors (Lipinski definition) is 9. The zero-order valence-electron chi connectivity index (χ0n) is 20.4. The number of nitrogens with two attached hydrogens (primary N) is 1. The normalized spacial score (nSPS) is 21.2. The molecule has 3 aliphatic rings. The first kappa shape index (κ1) is 23.7. The van der Waals surface area contributed by atoms with Gasteiger partial charge in [0, 0.05) is 35.7 Å².